The number of amides is 2. The van der Waals surface area contributed by atoms with Crippen LogP contribution in [-0.2, 0) is 43.5 Å². The van der Waals surface area contributed by atoms with Crippen molar-refractivity contribution in [2.45, 2.75) is 46.1 Å². The van der Waals surface area contributed by atoms with Gasteiger partial charge in [-0.25, -0.2) is 13.2 Å². The highest BCUT2D eigenvalue weighted by atomic mass is 32.2. The Morgan fingerprint density at radius 3 is 2.59 bits per heavy atom. The van der Waals surface area contributed by atoms with E-state index in [1.165, 1.54) is 23.5 Å². The van der Waals surface area contributed by atoms with Gasteiger partial charge in [0.15, 0.2) is 14.6 Å². The number of esters is 1. The van der Waals surface area contributed by atoms with Gasteiger partial charge in [-0.3, -0.25) is 19.7 Å². The Kier molecular flexibility index (Phi) is 8.61. The van der Waals surface area contributed by atoms with Crippen LogP contribution in [0.3, 0.4) is 0 Å². The second-order valence-corrected chi connectivity index (χ2v) is 12.9. The molecule has 2 aromatic heterocycles. The number of nitro benzene ring substituents is 1. The minimum Gasteiger partial charge on any atom is -0.462 e. The van der Waals surface area contributed by atoms with Crippen LogP contribution in [0.5, 0.6) is 0 Å². The molecule has 4 rings (SSSR count). The minimum absolute atomic E-state index is 0.115. The topological polar surface area (TPSA) is 167 Å². The van der Waals surface area contributed by atoms with Crippen LogP contribution < -0.4 is 10.1 Å². The number of ether oxygens (including phenoxy) is 1. The van der Waals surface area contributed by atoms with Gasteiger partial charge in [-0.15, -0.1) is 11.3 Å². The number of non-ortho nitro benzene ring substituents is 1. The number of rotatable bonds is 9. The van der Waals surface area contributed by atoms with E-state index in [1.54, 1.807) is 24.5 Å². The molecule has 1 aliphatic rings. The number of thiophene rings is 1. The van der Waals surface area contributed by atoms with Crippen LogP contribution in [0, 0.1) is 10.1 Å². The summed E-state index contributed by atoms with van der Waals surface area (Å²) in [6, 6.07) is 4.25. The lowest BCUT2D eigenvalue weighted by atomic mass is 9.95. The molecule has 1 aromatic carbocycles. The third-order valence-electron chi connectivity index (χ3n) is 6.01. The summed E-state index contributed by atoms with van der Waals surface area (Å²) in [6.07, 6.45) is 3.29. The number of fused-ring (bicyclic) bond motifs is 2. The van der Waals surface area contributed by atoms with E-state index in [0.29, 0.717) is 23.2 Å². The van der Waals surface area contributed by atoms with Crippen molar-refractivity contribution in [1.29, 1.82) is 0 Å². The number of hydrogen-bond donors (Lipinski definition) is 1. The van der Waals surface area contributed by atoms with Gasteiger partial charge in [0.1, 0.15) is 16.5 Å². The van der Waals surface area contributed by atoms with Crippen LogP contribution in [0.1, 0.15) is 47.5 Å². The molecular formula is C24H26N4O8S3. The molecule has 0 unspecified atom stereocenters. The fourth-order valence-corrected chi connectivity index (χ4v) is 7.83. The molecule has 0 saturated heterocycles. The number of carbonyl (C=O) groups excluding carboxylic acids is 3. The summed E-state index contributed by atoms with van der Waals surface area (Å²) < 4.78 is 32.7. The second kappa shape index (κ2) is 11.8. The van der Waals surface area contributed by atoms with Gasteiger partial charge in [-0.05, 0) is 51.2 Å². The van der Waals surface area contributed by atoms with Gasteiger partial charge in [0.25, 0.3) is 11.6 Å². The summed E-state index contributed by atoms with van der Waals surface area (Å²) in [5, 5.41) is 13.9. The number of aromatic nitrogens is 1. The Morgan fingerprint density at radius 2 is 1.90 bits per heavy atom. The first kappa shape index (κ1) is 28.6. The number of nitrogens with zero attached hydrogens (tertiary/aromatic N) is 3. The molecule has 0 atom stereocenters. The Labute approximate surface area is 231 Å². The van der Waals surface area contributed by atoms with Crippen molar-refractivity contribution in [3.63, 3.8) is 0 Å². The molecule has 0 fully saturated rings. The predicted octanol–water partition coefficient (Wildman–Crippen LogP) is 3.23. The fourth-order valence-electron chi connectivity index (χ4n) is 4.38. The normalized spacial score (nSPS) is 13.7. The Hall–Kier alpha value is -3.43. The van der Waals surface area contributed by atoms with E-state index in [1.807, 2.05) is 0 Å². The average Bonchev–Trinajstić information content (AvgIpc) is 3.39. The zero-order chi connectivity index (χ0) is 28.3. The second-order valence-electron chi connectivity index (χ2n) is 8.76. The molecule has 12 nitrogen and oxygen atoms in total. The number of benzene rings is 1. The Balaban J connectivity index is 1.51. The molecule has 1 N–H and O–H groups in total. The van der Waals surface area contributed by atoms with E-state index in [-0.39, 0.29) is 27.7 Å². The lowest BCUT2D eigenvalue weighted by Crippen LogP contribution is -2.28. The number of sulfone groups is 1. The van der Waals surface area contributed by atoms with Crippen molar-refractivity contribution < 1.29 is 32.5 Å². The molecule has 2 amide bonds. The van der Waals surface area contributed by atoms with Gasteiger partial charge in [-0.2, -0.15) is 4.99 Å². The van der Waals surface area contributed by atoms with Crippen LogP contribution in [0.15, 0.2) is 23.2 Å². The van der Waals surface area contributed by atoms with E-state index in [4.69, 9.17) is 4.74 Å². The van der Waals surface area contributed by atoms with Gasteiger partial charge in [0.05, 0.1) is 27.3 Å². The average molecular weight is 595 g/mol. The molecule has 39 heavy (non-hydrogen) atoms. The number of anilines is 1. The monoisotopic (exact) mass is 594 g/mol. The molecule has 0 radical (unpaired) electrons. The molecule has 15 heteroatoms. The Morgan fingerprint density at radius 1 is 1.15 bits per heavy atom. The van der Waals surface area contributed by atoms with Crippen molar-refractivity contribution in [1.82, 2.24) is 4.57 Å². The summed E-state index contributed by atoms with van der Waals surface area (Å²) in [4.78, 5) is 53.5. The maximum absolute atomic E-state index is 12.7. The van der Waals surface area contributed by atoms with Crippen LogP contribution in [-0.4, -0.2) is 53.8 Å². The molecule has 0 spiro atoms. The molecule has 0 aliphatic heterocycles. The van der Waals surface area contributed by atoms with Crippen LogP contribution in [0.4, 0.5) is 10.7 Å². The van der Waals surface area contributed by atoms with Crippen LogP contribution in [0.2, 0.25) is 0 Å². The van der Waals surface area contributed by atoms with Gasteiger partial charge >= 0.3 is 5.97 Å². The fraction of sp³-hybridized carbons (Fsp3) is 0.417. The number of thiazole rings is 1. The molecule has 2 heterocycles. The summed E-state index contributed by atoms with van der Waals surface area (Å²) in [6.45, 7) is 4.03. The predicted molar refractivity (Wildman–Crippen MR) is 147 cm³/mol. The highest BCUT2D eigenvalue weighted by Crippen LogP contribution is 2.38. The number of hydrogen-bond acceptors (Lipinski definition) is 10. The highest BCUT2D eigenvalue weighted by molar-refractivity contribution is 7.92. The summed E-state index contributed by atoms with van der Waals surface area (Å²) in [7, 11) is -4.19. The lowest BCUT2D eigenvalue weighted by Gasteiger charge is -2.12. The molecule has 208 valence electrons. The largest absolute Gasteiger partial charge is 0.462 e. The maximum atomic E-state index is 12.7. The van der Waals surface area contributed by atoms with Crippen molar-refractivity contribution in [2.75, 3.05) is 23.4 Å². The molecular weight excluding hydrogens is 568 g/mol. The standard InChI is InChI=1S/C24H26N4O8S3/c1-3-27-16-10-9-14(28(32)33)11-18(16)38-24(27)26-20(30)13-39(34,35)12-19(29)25-22-21(23(31)36-4-2)15-7-5-6-8-17(15)37-22/h9-11H,3-8,12-13H2,1-2H3,(H,25,29). The van der Waals surface area contributed by atoms with Crippen molar-refractivity contribution >= 4 is 71.2 Å². The summed E-state index contributed by atoms with van der Waals surface area (Å²) >= 11 is 2.26. The lowest BCUT2D eigenvalue weighted by molar-refractivity contribution is -0.384. The maximum Gasteiger partial charge on any atom is 0.341 e. The van der Waals surface area contributed by atoms with Crippen molar-refractivity contribution in [2.24, 2.45) is 4.99 Å². The zero-order valence-electron chi connectivity index (χ0n) is 21.2. The zero-order valence-corrected chi connectivity index (χ0v) is 23.7. The van der Waals surface area contributed by atoms with Gasteiger partial charge in [-0.1, -0.05) is 11.3 Å². The van der Waals surface area contributed by atoms with E-state index in [0.717, 1.165) is 41.0 Å². The van der Waals surface area contributed by atoms with E-state index in [9.17, 15) is 32.9 Å². The van der Waals surface area contributed by atoms with Crippen LogP contribution in [0.25, 0.3) is 10.2 Å². The smallest absolute Gasteiger partial charge is 0.341 e. The third kappa shape index (κ3) is 6.42. The minimum atomic E-state index is -4.19. The first-order valence-corrected chi connectivity index (χ1v) is 15.7. The van der Waals surface area contributed by atoms with Gasteiger partial charge in [0.2, 0.25) is 5.91 Å². The molecule has 3 aromatic rings. The Bertz CT molecular complexity index is 1650. The van der Waals surface area contributed by atoms with E-state index in [2.05, 4.69) is 10.3 Å². The van der Waals surface area contributed by atoms with Crippen molar-refractivity contribution in [3.05, 3.63) is 49.1 Å². The first-order chi connectivity index (χ1) is 18.5. The van der Waals surface area contributed by atoms with Gasteiger partial charge in [0, 0.05) is 23.6 Å². The number of aryl methyl sites for hydroxylation is 2. The summed E-state index contributed by atoms with van der Waals surface area (Å²) in [5.41, 5.74) is 1.60. The van der Waals surface area contributed by atoms with Crippen LogP contribution >= 0.6 is 22.7 Å². The number of nitro groups is 1. The first-order valence-electron chi connectivity index (χ1n) is 12.2. The SMILES string of the molecule is CCOC(=O)c1c(NC(=O)CS(=O)(=O)CC(=O)N=c2sc3cc([N+](=O)[O-])ccc3n2CC)sc2c1CCCC2. The molecule has 0 bridgehead atoms. The number of carbonyl (C=O) groups is 3. The number of nitrogens with one attached hydrogen (secondary N) is 1. The van der Waals surface area contributed by atoms with E-state index < -0.39 is 44.0 Å². The van der Waals surface area contributed by atoms with Gasteiger partial charge < -0.3 is 14.6 Å². The quantitative estimate of drug-likeness (QED) is 0.224. The molecule has 0 saturated carbocycles. The third-order valence-corrected chi connectivity index (χ3v) is 9.65. The molecule has 1 aliphatic carbocycles. The highest BCUT2D eigenvalue weighted by Gasteiger charge is 2.29. The summed E-state index contributed by atoms with van der Waals surface area (Å²) in [5.74, 6) is -4.37. The van der Waals surface area contributed by atoms with Crippen molar-refractivity contribution in [3.8, 4) is 0 Å². The van der Waals surface area contributed by atoms with E-state index >= 15 is 0 Å².